The molecule has 0 bridgehead atoms. The minimum Gasteiger partial charge on any atom is -0.385 e. The molecule has 1 nitrogen and oxygen atoms in total. The van der Waals surface area contributed by atoms with Crippen LogP contribution in [0.3, 0.4) is 0 Å². The van der Waals surface area contributed by atoms with E-state index in [1.54, 1.807) is 5.56 Å². The summed E-state index contributed by atoms with van der Waals surface area (Å²) in [4.78, 5) is 0. The van der Waals surface area contributed by atoms with Gasteiger partial charge in [0.2, 0.25) is 0 Å². The summed E-state index contributed by atoms with van der Waals surface area (Å²) in [6, 6.07) is 2.28. The molecule has 0 aromatic heterocycles. The van der Waals surface area contributed by atoms with E-state index in [0.717, 1.165) is 6.54 Å². The van der Waals surface area contributed by atoms with Crippen LogP contribution < -0.4 is 5.32 Å². The van der Waals surface area contributed by atoms with Crippen molar-refractivity contribution in [3.63, 3.8) is 0 Å². The minimum atomic E-state index is 1.14. The Kier molecular flexibility index (Phi) is 2.03. The molecule has 0 amide bonds. The molecular weight excluding hydrogens is 158 g/mol. The van der Waals surface area contributed by atoms with Gasteiger partial charge in [-0.05, 0) is 55.9 Å². The van der Waals surface area contributed by atoms with E-state index in [4.69, 9.17) is 0 Å². The highest BCUT2D eigenvalue weighted by Crippen LogP contribution is 2.30. The maximum Gasteiger partial charge on any atom is 0.0405 e. The lowest BCUT2D eigenvalue weighted by Gasteiger charge is -2.23. The van der Waals surface area contributed by atoms with Crippen molar-refractivity contribution in [2.75, 3.05) is 11.9 Å². The molecule has 1 aromatic rings. The predicted octanol–water partition coefficient (Wildman–Crippen LogP) is 2.97. The lowest BCUT2D eigenvalue weighted by molar-refractivity contribution is 0.819. The third kappa shape index (κ3) is 1.32. The third-order valence-electron chi connectivity index (χ3n) is 3.08. The second kappa shape index (κ2) is 3.06. The molecule has 0 saturated heterocycles. The van der Waals surface area contributed by atoms with Crippen molar-refractivity contribution < 1.29 is 0 Å². The fourth-order valence-electron chi connectivity index (χ4n) is 2.21. The van der Waals surface area contributed by atoms with Crippen molar-refractivity contribution in [1.82, 2.24) is 0 Å². The van der Waals surface area contributed by atoms with Crippen molar-refractivity contribution in [3.05, 3.63) is 28.3 Å². The zero-order valence-corrected chi connectivity index (χ0v) is 8.70. The van der Waals surface area contributed by atoms with Crippen LogP contribution in [0.5, 0.6) is 0 Å². The Balaban J connectivity index is 2.63. The highest BCUT2D eigenvalue weighted by atomic mass is 14.9. The van der Waals surface area contributed by atoms with E-state index in [2.05, 4.69) is 32.2 Å². The van der Waals surface area contributed by atoms with E-state index in [1.807, 2.05) is 0 Å². The smallest absolute Gasteiger partial charge is 0.0405 e. The minimum absolute atomic E-state index is 1.14. The SMILES string of the molecule is Cc1cc(C)c2c(c1C)CCCN2. The van der Waals surface area contributed by atoms with Gasteiger partial charge in [-0.15, -0.1) is 0 Å². The van der Waals surface area contributed by atoms with Crippen LogP contribution in [0.15, 0.2) is 6.07 Å². The Bertz CT molecular complexity index is 339. The maximum atomic E-state index is 3.50. The van der Waals surface area contributed by atoms with E-state index < -0.39 is 0 Å². The monoisotopic (exact) mass is 175 g/mol. The van der Waals surface area contributed by atoms with Crippen molar-refractivity contribution in [3.8, 4) is 0 Å². The standard InChI is InChI=1S/C12H17N/c1-8-7-9(2)12-11(10(8)3)5-4-6-13-12/h7,13H,4-6H2,1-3H3. The normalized spacial score (nSPS) is 15.0. The first-order valence-corrected chi connectivity index (χ1v) is 5.03. The Morgan fingerprint density at radius 1 is 1.15 bits per heavy atom. The molecule has 0 unspecified atom stereocenters. The Hall–Kier alpha value is -0.980. The van der Waals surface area contributed by atoms with Gasteiger partial charge in [-0.1, -0.05) is 6.07 Å². The van der Waals surface area contributed by atoms with Gasteiger partial charge < -0.3 is 5.32 Å². The topological polar surface area (TPSA) is 12.0 Å². The number of anilines is 1. The molecule has 0 spiro atoms. The number of fused-ring (bicyclic) bond motifs is 1. The Morgan fingerprint density at radius 3 is 2.69 bits per heavy atom. The summed E-state index contributed by atoms with van der Waals surface area (Å²) in [5.41, 5.74) is 7.25. The highest BCUT2D eigenvalue weighted by molar-refractivity contribution is 5.63. The van der Waals surface area contributed by atoms with E-state index in [9.17, 15) is 0 Å². The summed E-state index contributed by atoms with van der Waals surface area (Å²) >= 11 is 0. The van der Waals surface area contributed by atoms with Gasteiger partial charge >= 0.3 is 0 Å². The highest BCUT2D eigenvalue weighted by Gasteiger charge is 2.14. The van der Waals surface area contributed by atoms with Crippen LogP contribution in [0.4, 0.5) is 5.69 Å². The average molecular weight is 175 g/mol. The molecule has 1 aliphatic heterocycles. The van der Waals surface area contributed by atoms with Crippen LogP contribution in [0.2, 0.25) is 0 Å². The van der Waals surface area contributed by atoms with Crippen molar-refractivity contribution in [2.45, 2.75) is 33.6 Å². The van der Waals surface area contributed by atoms with Crippen molar-refractivity contribution >= 4 is 5.69 Å². The lowest BCUT2D eigenvalue weighted by atomic mass is 9.92. The first-order valence-electron chi connectivity index (χ1n) is 5.03. The average Bonchev–Trinajstić information content (AvgIpc) is 2.15. The molecule has 1 aliphatic rings. The van der Waals surface area contributed by atoms with Gasteiger partial charge in [0.05, 0.1) is 0 Å². The fourth-order valence-corrected chi connectivity index (χ4v) is 2.21. The fraction of sp³-hybridized carbons (Fsp3) is 0.500. The quantitative estimate of drug-likeness (QED) is 0.639. The molecule has 0 atom stereocenters. The lowest BCUT2D eigenvalue weighted by Crippen LogP contribution is -2.14. The molecule has 0 fully saturated rings. The van der Waals surface area contributed by atoms with Gasteiger partial charge in [-0.25, -0.2) is 0 Å². The van der Waals surface area contributed by atoms with Gasteiger partial charge in [-0.2, -0.15) is 0 Å². The number of hydrogen-bond acceptors (Lipinski definition) is 1. The summed E-state index contributed by atoms with van der Waals surface area (Å²) in [5.74, 6) is 0. The van der Waals surface area contributed by atoms with Crippen LogP contribution in [0.1, 0.15) is 28.7 Å². The summed E-state index contributed by atoms with van der Waals surface area (Å²) in [7, 11) is 0. The van der Waals surface area contributed by atoms with Crippen LogP contribution in [0, 0.1) is 20.8 Å². The molecule has 0 radical (unpaired) electrons. The molecule has 0 saturated carbocycles. The Labute approximate surface area is 80.2 Å². The number of nitrogens with one attached hydrogen (secondary N) is 1. The number of aryl methyl sites for hydroxylation is 2. The third-order valence-corrected chi connectivity index (χ3v) is 3.08. The second-order valence-corrected chi connectivity index (χ2v) is 4.02. The number of hydrogen-bond donors (Lipinski definition) is 1. The summed E-state index contributed by atoms with van der Waals surface area (Å²) < 4.78 is 0. The Morgan fingerprint density at radius 2 is 1.92 bits per heavy atom. The van der Waals surface area contributed by atoms with Crippen LogP contribution in [-0.2, 0) is 6.42 Å². The van der Waals surface area contributed by atoms with Crippen LogP contribution in [0.25, 0.3) is 0 Å². The van der Waals surface area contributed by atoms with Gasteiger partial charge in [0, 0.05) is 12.2 Å². The van der Waals surface area contributed by atoms with E-state index in [1.165, 1.54) is 35.2 Å². The first kappa shape index (κ1) is 8.61. The first-order chi connectivity index (χ1) is 6.20. The molecule has 13 heavy (non-hydrogen) atoms. The van der Waals surface area contributed by atoms with E-state index in [-0.39, 0.29) is 0 Å². The summed E-state index contributed by atoms with van der Waals surface area (Å²) in [6.45, 7) is 7.78. The largest absolute Gasteiger partial charge is 0.385 e. The molecule has 1 heteroatoms. The molecule has 1 heterocycles. The number of rotatable bonds is 0. The summed E-state index contributed by atoms with van der Waals surface area (Å²) in [5, 5.41) is 3.50. The van der Waals surface area contributed by atoms with Crippen molar-refractivity contribution in [1.29, 1.82) is 0 Å². The molecule has 70 valence electrons. The van der Waals surface area contributed by atoms with Crippen LogP contribution >= 0.6 is 0 Å². The molecule has 0 aliphatic carbocycles. The summed E-state index contributed by atoms with van der Waals surface area (Å²) in [6.07, 6.45) is 2.52. The van der Waals surface area contributed by atoms with Crippen molar-refractivity contribution in [2.24, 2.45) is 0 Å². The molecular formula is C12H17N. The zero-order valence-electron chi connectivity index (χ0n) is 8.70. The number of benzene rings is 1. The van der Waals surface area contributed by atoms with Crippen LogP contribution in [-0.4, -0.2) is 6.54 Å². The molecule has 1 aromatic carbocycles. The van der Waals surface area contributed by atoms with Gasteiger partial charge in [0.1, 0.15) is 0 Å². The maximum absolute atomic E-state index is 3.50. The predicted molar refractivity (Wildman–Crippen MR) is 57.5 cm³/mol. The molecule has 2 rings (SSSR count). The van der Waals surface area contributed by atoms with E-state index in [0.29, 0.717) is 0 Å². The van der Waals surface area contributed by atoms with E-state index >= 15 is 0 Å². The van der Waals surface area contributed by atoms with Gasteiger partial charge in [0.25, 0.3) is 0 Å². The zero-order chi connectivity index (χ0) is 9.42. The van der Waals surface area contributed by atoms with Gasteiger partial charge in [0.15, 0.2) is 0 Å². The van der Waals surface area contributed by atoms with Gasteiger partial charge in [-0.3, -0.25) is 0 Å². The molecule has 1 N–H and O–H groups in total. The second-order valence-electron chi connectivity index (χ2n) is 4.02.